The minimum absolute atomic E-state index is 0.304. The third kappa shape index (κ3) is 3.14. The van der Waals surface area contributed by atoms with Crippen molar-refractivity contribution in [3.05, 3.63) is 60.6 Å². The lowest BCUT2D eigenvalue weighted by molar-refractivity contribution is 0.518. The maximum Gasteiger partial charge on any atom is 0.159 e. The monoisotopic (exact) mass is 299 g/mol. The maximum atomic E-state index is 12.9. The molecule has 3 rings (SSSR count). The van der Waals surface area contributed by atoms with Crippen LogP contribution in [0.15, 0.2) is 53.4 Å². The predicted octanol–water partition coefficient (Wildman–Crippen LogP) is 3.15. The van der Waals surface area contributed by atoms with E-state index >= 15 is 0 Å². The van der Waals surface area contributed by atoms with Gasteiger partial charge in [-0.3, -0.25) is 0 Å². The number of rotatable bonds is 5. The summed E-state index contributed by atoms with van der Waals surface area (Å²) in [6, 6.07) is 9.58. The van der Waals surface area contributed by atoms with Gasteiger partial charge >= 0.3 is 0 Å². The van der Waals surface area contributed by atoms with Crippen LogP contribution in [0, 0.1) is 5.82 Å². The number of nitrogens with two attached hydrogens (primary N) is 1. The smallest absolute Gasteiger partial charge is 0.159 e. The van der Waals surface area contributed by atoms with Crippen LogP contribution < -0.4 is 16.4 Å². The SMILES string of the molecule is Nc1c(NCc2ccco2)ncnc1Nc1ccc(F)cc1. The quantitative estimate of drug-likeness (QED) is 0.670. The van der Waals surface area contributed by atoms with E-state index in [1.807, 2.05) is 12.1 Å². The van der Waals surface area contributed by atoms with Crippen LogP contribution in [0.2, 0.25) is 0 Å². The average molecular weight is 299 g/mol. The van der Waals surface area contributed by atoms with Crippen LogP contribution in [0.4, 0.5) is 27.4 Å². The summed E-state index contributed by atoms with van der Waals surface area (Å²) in [5.74, 6) is 1.41. The molecule has 0 atom stereocenters. The molecule has 22 heavy (non-hydrogen) atoms. The van der Waals surface area contributed by atoms with E-state index < -0.39 is 0 Å². The van der Waals surface area contributed by atoms with Crippen molar-refractivity contribution in [3.63, 3.8) is 0 Å². The zero-order chi connectivity index (χ0) is 15.4. The summed E-state index contributed by atoms with van der Waals surface area (Å²) in [4.78, 5) is 8.20. The van der Waals surface area contributed by atoms with Gasteiger partial charge in [-0.05, 0) is 36.4 Å². The summed E-state index contributed by atoms with van der Waals surface area (Å²) in [5, 5.41) is 6.11. The van der Waals surface area contributed by atoms with Crippen molar-refractivity contribution in [1.82, 2.24) is 9.97 Å². The molecular formula is C15H14FN5O. The Kier molecular flexibility index (Phi) is 3.86. The van der Waals surface area contributed by atoms with E-state index in [1.54, 1.807) is 18.4 Å². The molecule has 2 aromatic heterocycles. The van der Waals surface area contributed by atoms with Crippen molar-refractivity contribution in [2.24, 2.45) is 0 Å². The second kappa shape index (κ2) is 6.13. The molecule has 0 fully saturated rings. The fourth-order valence-electron chi connectivity index (χ4n) is 1.89. The van der Waals surface area contributed by atoms with E-state index in [-0.39, 0.29) is 5.82 Å². The molecule has 0 saturated carbocycles. The van der Waals surface area contributed by atoms with Gasteiger partial charge in [0.25, 0.3) is 0 Å². The van der Waals surface area contributed by atoms with Gasteiger partial charge in [0.05, 0.1) is 12.8 Å². The molecule has 0 bridgehead atoms. The minimum atomic E-state index is -0.304. The Morgan fingerprint density at radius 2 is 1.86 bits per heavy atom. The molecule has 0 radical (unpaired) electrons. The summed E-state index contributed by atoms with van der Waals surface area (Å²) < 4.78 is 18.1. The summed E-state index contributed by atoms with van der Waals surface area (Å²) in [6.45, 7) is 0.463. The average Bonchev–Trinajstić information content (AvgIpc) is 3.04. The van der Waals surface area contributed by atoms with Crippen molar-refractivity contribution < 1.29 is 8.81 Å². The molecule has 4 N–H and O–H groups in total. The maximum absolute atomic E-state index is 12.9. The van der Waals surface area contributed by atoms with Gasteiger partial charge in [-0.15, -0.1) is 0 Å². The molecule has 0 spiro atoms. The fourth-order valence-corrected chi connectivity index (χ4v) is 1.89. The van der Waals surface area contributed by atoms with E-state index in [2.05, 4.69) is 20.6 Å². The van der Waals surface area contributed by atoms with Gasteiger partial charge in [-0.1, -0.05) is 0 Å². The fraction of sp³-hybridized carbons (Fsp3) is 0.0667. The van der Waals surface area contributed by atoms with Crippen LogP contribution in [0.3, 0.4) is 0 Å². The number of halogens is 1. The molecular weight excluding hydrogens is 285 g/mol. The molecule has 1 aromatic carbocycles. The highest BCUT2D eigenvalue weighted by molar-refractivity contribution is 5.77. The Bertz CT molecular complexity index is 743. The molecule has 0 unspecified atom stereocenters. The van der Waals surface area contributed by atoms with E-state index in [9.17, 15) is 4.39 Å². The number of hydrogen-bond acceptors (Lipinski definition) is 6. The van der Waals surface area contributed by atoms with E-state index in [0.717, 1.165) is 5.76 Å². The third-order valence-corrected chi connectivity index (χ3v) is 3.00. The van der Waals surface area contributed by atoms with Gasteiger partial charge in [0, 0.05) is 5.69 Å². The Morgan fingerprint density at radius 1 is 1.09 bits per heavy atom. The number of furan rings is 1. The number of nitrogens with zero attached hydrogens (tertiary/aromatic N) is 2. The second-order valence-electron chi connectivity index (χ2n) is 4.55. The molecule has 0 aliphatic carbocycles. The third-order valence-electron chi connectivity index (χ3n) is 3.00. The highest BCUT2D eigenvalue weighted by atomic mass is 19.1. The van der Waals surface area contributed by atoms with Crippen LogP contribution in [-0.4, -0.2) is 9.97 Å². The minimum Gasteiger partial charge on any atom is -0.467 e. The number of anilines is 4. The highest BCUT2D eigenvalue weighted by Crippen LogP contribution is 2.26. The normalized spacial score (nSPS) is 10.4. The van der Waals surface area contributed by atoms with Crippen molar-refractivity contribution in [2.45, 2.75) is 6.54 Å². The Hall–Kier alpha value is -3.09. The Balaban J connectivity index is 1.75. The Labute approximate surface area is 126 Å². The summed E-state index contributed by atoms with van der Waals surface area (Å²) in [5.41, 5.74) is 7.10. The van der Waals surface area contributed by atoms with Gasteiger partial charge < -0.3 is 20.8 Å². The zero-order valence-corrected chi connectivity index (χ0v) is 11.6. The van der Waals surface area contributed by atoms with Crippen molar-refractivity contribution >= 4 is 23.0 Å². The first-order valence-corrected chi connectivity index (χ1v) is 6.61. The highest BCUT2D eigenvalue weighted by Gasteiger charge is 2.08. The number of nitrogens with one attached hydrogen (secondary N) is 2. The molecule has 6 nitrogen and oxygen atoms in total. The largest absolute Gasteiger partial charge is 0.467 e. The number of nitrogen functional groups attached to an aromatic ring is 1. The van der Waals surface area contributed by atoms with Gasteiger partial charge in [-0.2, -0.15) is 0 Å². The number of aromatic nitrogens is 2. The standard InChI is InChI=1S/C15H14FN5O/c16-10-3-5-11(6-4-10)21-15-13(17)14(19-9-20-15)18-8-12-2-1-7-22-12/h1-7,9H,8,17H2,(H2,18,19,20,21). The van der Waals surface area contributed by atoms with E-state index in [1.165, 1.54) is 18.5 Å². The van der Waals surface area contributed by atoms with Crippen molar-refractivity contribution in [3.8, 4) is 0 Å². The van der Waals surface area contributed by atoms with Gasteiger partial charge in [0.1, 0.15) is 23.6 Å². The van der Waals surface area contributed by atoms with E-state index in [4.69, 9.17) is 10.2 Å². The lowest BCUT2D eigenvalue weighted by Crippen LogP contribution is -2.07. The van der Waals surface area contributed by atoms with Gasteiger partial charge in [0.2, 0.25) is 0 Å². The molecule has 0 aliphatic heterocycles. The first kappa shape index (κ1) is 13.9. The molecule has 112 valence electrons. The van der Waals surface area contributed by atoms with Crippen molar-refractivity contribution in [1.29, 1.82) is 0 Å². The number of hydrogen-bond donors (Lipinski definition) is 3. The van der Waals surface area contributed by atoms with Crippen LogP contribution in [-0.2, 0) is 6.54 Å². The van der Waals surface area contributed by atoms with Crippen molar-refractivity contribution in [2.75, 3.05) is 16.4 Å². The molecule has 2 heterocycles. The molecule has 7 heteroatoms. The molecule has 0 saturated heterocycles. The first-order valence-electron chi connectivity index (χ1n) is 6.61. The molecule has 0 aliphatic rings. The first-order chi connectivity index (χ1) is 10.7. The summed E-state index contributed by atoms with van der Waals surface area (Å²) in [6.07, 6.45) is 2.99. The summed E-state index contributed by atoms with van der Waals surface area (Å²) in [7, 11) is 0. The van der Waals surface area contributed by atoms with Crippen LogP contribution in [0.25, 0.3) is 0 Å². The van der Waals surface area contributed by atoms with Gasteiger partial charge in [0.15, 0.2) is 11.6 Å². The summed E-state index contributed by atoms with van der Waals surface area (Å²) >= 11 is 0. The second-order valence-corrected chi connectivity index (χ2v) is 4.55. The lowest BCUT2D eigenvalue weighted by Gasteiger charge is -2.12. The lowest BCUT2D eigenvalue weighted by atomic mass is 10.3. The van der Waals surface area contributed by atoms with Crippen LogP contribution >= 0.6 is 0 Å². The number of benzene rings is 1. The van der Waals surface area contributed by atoms with Gasteiger partial charge in [-0.25, -0.2) is 14.4 Å². The molecule has 0 amide bonds. The topological polar surface area (TPSA) is 89.0 Å². The molecule has 3 aromatic rings. The van der Waals surface area contributed by atoms with Crippen LogP contribution in [0.5, 0.6) is 0 Å². The van der Waals surface area contributed by atoms with Crippen LogP contribution in [0.1, 0.15) is 5.76 Å². The predicted molar refractivity (Wildman–Crippen MR) is 82.2 cm³/mol. The Morgan fingerprint density at radius 3 is 2.59 bits per heavy atom. The zero-order valence-electron chi connectivity index (χ0n) is 11.6. The van der Waals surface area contributed by atoms with E-state index in [0.29, 0.717) is 29.6 Å².